The molecule has 0 unspecified atom stereocenters. The highest BCUT2D eigenvalue weighted by Gasteiger charge is 2.08. The Morgan fingerprint density at radius 1 is 1.20 bits per heavy atom. The molecule has 0 fully saturated rings. The Balaban J connectivity index is 2.65. The predicted molar refractivity (Wildman–Crippen MR) is 53.6 cm³/mol. The van der Waals surface area contributed by atoms with Gasteiger partial charge in [-0.15, -0.1) is 0 Å². The normalized spacial score (nSPS) is 11.3. The van der Waals surface area contributed by atoms with Gasteiger partial charge >= 0.3 is 0 Å². The maximum atomic E-state index is 10.7. The molecule has 15 heavy (non-hydrogen) atoms. The average Bonchev–Trinajstić information content (AvgIpc) is 2.18. The molecule has 1 N–H and O–H groups in total. The van der Waals surface area contributed by atoms with E-state index in [-0.39, 0.29) is 4.90 Å². The first-order valence-electron chi connectivity index (χ1n) is 4.23. The van der Waals surface area contributed by atoms with Crippen molar-refractivity contribution in [2.24, 2.45) is 0 Å². The standard InChI is InChI=1S/C9H12O5S/c1-13-6-7-14-8-2-4-9(5-3-8)15(10,11)12/h2-5H,6-7H2,1H3,(H,10,11,12). The number of hydrogen-bond donors (Lipinski definition) is 1. The van der Waals surface area contributed by atoms with Crippen LogP contribution in [-0.4, -0.2) is 33.3 Å². The van der Waals surface area contributed by atoms with Crippen LogP contribution in [0.3, 0.4) is 0 Å². The highest BCUT2D eigenvalue weighted by Crippen LogP contribution is 2.15. The van der Waals surface area contributed by atoms with Gasteiger partial charge in [-0.05, 0) is 24.3 Å². The first kappa shape index (κ1) is 12.0. The van der Waals surface area contributed by atoms with Crippen molar-refractivity contribution < 1.29 is 22.4 Å². The maximum Gasteiger partial charge on any atom is 0.294 e. The number of hydrogen-bond acceptors (Lipinski definition) is 4. The molecule has 0 saturated carbocycles. The van der Waals surface area contributed by atoms with Gasteiger partial charge in [0.2, 0.25) is 0 Å². The fraction of sp³-hybridized carbons (Fsp3) is 0.333. The quantitative estimate of drug-likeness (QED) is 0.604. The molecule has 1 aromatic carbocycles. The molecule has 0 spiro atoms. The molecule has 0 saturated heterocycles. The zero-order valence-electron chi connectivity index (χ0n) is 8.21. The van der Waals surface area contributed by atoms with E-state index in [9.17, 15) is 8.42 Å². The third-order valence-electron chi connectivity index (χ3n) is 1.68. The van der Waals surface area contributed by atoms with Crippen LogP contribution in [0.25, 0.3) is 0 Å². The minimum atomic E-state index is -4.12. The zero-order chi connectivity index (χ0) is 11.3. The second kappa shape index (κ2) is 5.11. The van der Waals surface area contributed by atoms with Gasteiger partial charge in [-0.2, -0.15) is 8.42 Å². The van der Waals surface area contributed by atoms with Crippen molar-refractivity contribution in [3.8, 4) is 5.75 Å². The van der Waals surface area contributed by atoms with Crippen LogP contribution < -0.4 is 4.74 Å². The lowest BCUT2D eigenvalue weighted by atomic mass is 10.3. The molecule has 1 rings (SSSR count). The van der Waals surface area contributed by atoms with Crippen molar-refractivity contribution in [1.82, 2.24) is 0 Å². The van der Waals surface area contributed by atoms with Gasteiger partial charge in [-0.3, -0.25) is 4.55 Å². The number of ether oxygens (including phenoxy) is 2. The van der Waals surface area contributed by atoms with Gasteiger partial charge in [0.1, 0.15) is 12.4 Å². The molecule has 6 heteroatoms. The number of methoxy groups -OCH3 is 1. The summed E-state index contributed by atoms with van der Waals surface area (Å²) in [5.74, 6) is 0.527. The first-order valence-corrected chi connectivity index (χ1v) is 5.67. The van der Waals surface area contributed by atoms with Gasteiger partial charge < -0.3 is 9.47 Å². The van der Waals surface area contributed by atoms with Crippen LogP contribution in [0.15, 0.2) is 29.2 Å². The molecule has 0 heterocycles. The monoisotopic (exact) mass is 232 g/mol. The van der Waals surface area contributed by atoms with Gasteiger partial charge in [-0.1, -0.05) is 0 Å². The summed E-state index contributed by atoms with van der Waals surface area (Å²) in [7, 11) is -2.56. The molecule has 0 amide bonds. The molecule has 0 aromatic heterocycles. The Labute approximate surface area is 88.4 Å². The van der Waals surface area contributed by atoms with Crippen LogP contribution in [0.5, 0.6) is 5.75 Å². The van der Waals surface area contributed by atoms with E-state index in [4.69, 9.17) is 14.0 Å². The predicted octanol–water partition coefficient (Wildman–Crippen LogP) is 0.959. The lowest BCUT2D eigenvalue weighted by Gasteiger charge is -2.05. The van der Waals surface area contributed by atoms with Crippen molar-refractivity contribution in [2.75, 3.05) is 20.3 Å². The summed E-state index contributed by atoms with van der Waals surface area (Å²) in [5, 5.41) is 0. The molecule has 0 radical (unpaired) electrons. The Morgan fingerprint density at radius 3 is 2.27 bits per heavy atom. The molecule has 0 aliphatic carbocycles. The van der Waals surface area contributed by atoms with E-state index < -0.39 is 10.1 Å². The Kier molecular flexibility index (Phi) is 4.07. The van der Waals surface area contributed by atoms with Crippen molar-refractivity contribution in [1.29, 1.82) is 0 Å². The zero-order valence-corrected chi connectivity index (χ0v) is 9.03. The van der Waals surface area contributed by atoms with Crippen molar-refractivity contribution >= 4 is 10.1 Å². The van der Waals surface area contributed by atoms with E-state index in [2.05, 4.69) is 0 Å². The molecular formula is C9H12O5S. The molecule has 1 aromatic rings. The summed E-state index contributed by atoms with van der Waals surface area (Å²) in [6, 6.07) is 5.49. The molecule has 0 atom stereocenters. The van der Waals surface area contributed by atoms with E-state index in [1.807, 2.05) is 0 Å². The van der Waals surface area contributed by atoms with Gasteiger partial charge in [0, 0.05) is 7.11 Å². The van der Waals surface area contributed by atoms with Crippen LogP contribution in [0, 0.1) is 0 Å². The third kappa shape index (κ3) is 3.86. The highest BCUT2D eigenvalue weighted by atomic mass is 32.2. The topological polar surface area (TPSA) is 72.8 Å². The smallest absolute Gasteiger partial charge is 0.294 e. The van der Waals surface area contributed by atoms with Crippen LogP contribution in [-0.2, 0) is 14.9 Å². The van der Waals surface area contributed by atoms with Gasteiger partial charge in [0.15, 0.2) is 0 Å². The lowest BCUT2D eigenvalue weighted by Crippen LogP contribution is -2.04. The van der Waals surface area contributed by atoms with Crippen LogP contribution in [0.2, 0.25) is 0 Å². The van der Waals surface area contributed by atoms with Gasteiger partial charge in [0.05, 0.1) is 11.5 Å². The van der Waals surface area contributed by atoms with E-state index >= 15 is 0 Å². The van der Waals surface area contributed by atoms with Crippen LogP contribution in [0.1, 0.15) is 0 Å². The summed E-state index contributed by atoms with van der Waals surface area (Å²) in [4.78, 5) is -0.151. The van der Waals surface area contributed by atoms with E-state index in [1.165, 1.54) is 24.3 Å². The summed E-state index contributed by atoms with van der Waals surface area (Å²) < 4.78 is 40.1. The van der Waals surface area contributed by atoms with E-state index in [0.717, 1.165) is 0 Å². The SMILES string of the molecule is COCCOc1ccc(S(=O)(=O)O)cc1. The van der Waals surface area contributed by atoms with E-state index in [1.54, 1.807) is 7.11 Å². The largest absolute Gasteiger partial charge is 0.491 e. The molecular weight excluding hydrogens is 220 g/mol. The number of rotatable bonds is 5. The average molecular weight is 232 g/mol. The molecule has 5 nitrogen and oxygen atoms in total. The summed E-state index contributed by atoms with van der Waals surface area (Å²) >= 11 is 0. The summed E-state index contributed by atoms with van der Waals surface area (Å²) in [5.41, 5.74) is 0. The molecule has 0 aliphatic heterocycles. The first-order chi connectivity index (χ1) is 7.04. The Morgan fingerprint density at radius 2 is 1.80 bits per heavy atom. The van der Waals surface area contributed by atoms with Crippen molar-refractivity contribution in [2.45, 2.75) is 4.90 Å². The molecule has 0 aliphatic rings. The summed E-state index contributed by atoms with van der Waals surface area (Å²) in [6.45, 7) is 0.849. The second-order valence-corrected chi connectivity index (χ2v) is 4.21. The van der Waals surface area contributed by atoms with Gasteiger partial charge in [0.25, 0.3) is 10.1 Å². The second-order valence-electron chi connectivity index (χ2n) is 2.79. The number of benzene rings is 1. The molecule has 0 bridgehead atoms. The van der Waals surface area contributed by atoms with Crippen LogP contribution in [0.4, 0.5) is 0 Å². The van der Waals surface area contributed by atoms with Crippen molar-refractivity contribution in [3.63, 3.8) is 0 Å². The minimum absolute atomic E-state index is 0.151. The fourth-order valence-electron chi connectivity index (χ4n) is 0.951. The van der Waals surface area contributed by atoms with E-state index in [0.29, 0.717) is 19.0 Å². The third-order valence-corrected chi connectivity index (χ3v) is 2.55. The van der Waals surface area contributed by atoms with Crippen LogP contribution >= 0.6 is 0 Å². The van der Waals surface area contributed by atoms with Crippen molar-refractivity contribution in [3.05, 3.63) is 24.3 Å². The van der Waals surface area contributed by atoms with Gasteiger partial charge in [-0.25, -0.2) is 0 Å². The minimum Gasteiger partial charge on any atom is -0.491 e. The Bertz CT molecular complexity index is 395. The summed E-state index contributed by atoms with van der Waals surface area (Å²) in [6.07, 6.45) is 0. The lowest BCUT2D eigenvalue weighted by molar-refractivity contribution is 0.146. The fourth-order valence-corrected chi connectivity index (χ4v) is 1.43. The highest BCUT2D eigenvalue weighted by molar-refractivity contribution is 7.85. The Hall–Kier alpha value is -1.11. The molecule has 84 valence electrons. The maximum absolute atomic E-state index is 10.7.